The number of carbonyl (C=O) groups excluding carboxylic acids is 3. The van der Waals surface area contributed by atoms with Crippen LogP contribution in [0.25, 0.3) is 0 Å². The van der Waals surface area contributed by atoms with Gasteiger partial charge >= 0.3 is 6.03 Å². The fourth-order valence-electron chi connectivity index (χ4n) is 4.45. The van der Waals surface area contributed by atoms with Crippen molar-refractivity contribution in [3.63, 3.8) is 0 Å². The Morgan fingerprint density at radius 2 is 1.59 bits per heavy atom. The van der Waals surface area contributed by atoms with Crippen molar-refractivity contribution in [3.05, 3.63) is 71.8 Å². The van der Waals surface area contributed by atoms with E-state index in [4.69, 9.17) is 4.74 Å². The van der Waals surface area contributed by atoms with Crippen LogP contribution in [0, 0.1) is 0 Å². The van der Waals surface area contributed by atoms with Crippen LogP contribution in [0.15, 0.2) is 60.7 Å². The fraction of sp³-hybridized carbons (Fsp3) is 0.423. The minimum atomic E-state index is -3.77. The predicted molar refractivity (Wildman–Crippen MR) is 137 cm³/mol. The van der Waals surface area contributed by atoms with Gasteiger partial charge in [-0.25, -0.2) is 13.2 Å². The van der Waals surface area contributed by atoms with Gasteiger partial charge in [-0.1, -0.05) is 60.7 Å². The molecule has 0 bridgehead atoms. The maximum atomic E-state index is 13.3. The number of likely N-dealkylation sites (tertiary alicyclic amines) is 1. The van der Waals surface area contributed by atoms with Gasteiger partial charge in [0.2, 0.25) is 5.91 Å². The van der Waals surface area contributed by atoms with E-state index >= 15 is 0 Å². The Bertz CT molecular complexity index is 1190. The van der Waals surface area contributed by atoms with Gasteiger partial charge in [-0.05, 0) is 11.1 Å². The number of ketones is 1. The van der Waals surface area contributed by atoms with Crippen molar-refractivity contribution in [1.29, 1.82) is 0 Å². The third-order valence-corrected chi connectivity index (χ3v) is 7.95. The van der Waals surface area contributed by atoms with E-state index < -0.39 is 39.6 Å². The van der Waals surface area contributed by atoms with Crippen LogP contribution in [-0.4, -0.2) is 93.2 Å². The molecule has 2 N–H and O–H groups in total. The van der Waals surface area contributed by atoms with Crippen molar-refractivity contribution in [2.75, 3.05) is 45.1 Å². The maximum absolute atomic E-state index is 13.3. The highest BCUT2D eigenvalue weighted by molar-refractivity contribution is 7.90. The average molecular weight is 529 g/mol. The summed E-state index contributed by atoms with van der Waals surface area (Å²) in [6, 6.07) is 15.7. The lowest BCUT2D eigenvalue weighted by atomic mass is 10.2. The number of benzene rings is 2. The summed E-state index contributed by atoms with van der Waals surface area (Å²) in [5.74, 6) is -1.70. The van der Waals surface area contributed by atoms with Crippen molar-refractivity contribution in [2.24, 2.45) is 0 Å². The lowest BCUT2D eigenvalue weighted by Gasteiger charge is -2.29. The van der Waals surface area contributed by atoms with Gasteiger partial charge in [-0.3, -0.25) is 14.5 Å². The number of nitrogens with zero attached hydrogens (tertiary/aromatic N) is 2. The largest absolute Gasteiger partial charge is 0.378 e. The molecule has 0 radical (unpaired) electrons. The van der Waals surface area contributed by atoms with Crippen molar-refractivity contribution in [1.82, 2.24) is 20.4 Å². The molecule has 2 saturated heterocycles. The van der Waals surface area contributed by atoms with E-state index in [0.717, 1.165) is 5.56 Å². The molecule has 198 valence electrons. The Hall–Kier alpha value is -3.28. The molecule has 0 aromatic heterocycles. The SMILES string of the molecule is O=C1CN(Cc2ccccc2)CC1NC(=O)C(CS(=O)(=O)Cc1ccccc1)NC(=O)N1CCOCC1. The fourth-order valence-corrected chi connectivity index (χ4v) is 6.01. The Morgan fingerprint density at radius 3 is 2.24 bits per heavy atom. The van der Waals surface area contributed by atoms with Crippen molar-refractivity contribution in [2.45, 2.75) is 24.4 Å². The first-order valence-corrected chi connectivity index (χ1v) is 14.1. The van der Waals surface area contributed by atoms with Crippen molar-refractivity contribution < 1.29 is 27.5 Å². The molecule has 10 nitrogen and oxygen atoms in total. The van der Waals surface area contributed by atoms with Gasteiger partial charge in [0.25, 0.3) is 0 Å². The monoisotopic (exact) mass is 528 g/mol. The number of nitrogens with one attached hydrogen (secondary N) is 2. The molecule has 2 atom stereocenters. The molecule has 37 heavy (non-hydrogen) atoms. The van der Waals surface area contributed by atoms with Gasteiger partial charge in [0.1, 0.15) is 12.1 Å². The lowest BCUT2D eigenvalue weighted by molar-refractivity contribution is -0.126. The zero-order chi connectivity index (χ0) is 26.3. The average Bonchev–Trinajstić information content (AvgIpc) is 3.22. The molecule has 2 aromatic carbocycles. The van der Waals surface area contributed by atoms with Crippen LogP contribution in [0.5, 0.6) is 0 Å². The Labute approximate surface area is 216 Å². The molecule has 4 rings (SSSR count). The first-order valence-electron chi connectivity index (χ1n) is 12.3. The number of amides is 3. The van der Waals surface area contributed by atoms with Crippen molar-refractivity contribution in [3.8, 4) is 0 Å². The first-order chi connectivity index (χ1) is 17.8. The maximum Gasteiger partial charge on any atom is 0.318 e. The van der Waals surface area contributed by atoms with Crippen LogP contribution in [0.1, 0.15) is 11.1 Å². The van der Waals surface area contributed by atoms with Gasteiger partial charge in [0.05, 0.1) is 31.3 Å². The minimum absolute atomic E-state index is 0.158. The van der Waals surface area contributed by atoms with Gasteiger partial charge in [0.15, 0.2) is 15.6 Å². The van der Waals surface area contributed by atoms with E-state index in [0.29, 0.717) is 45.0 Å². The molecule has 11 heteroatoms. The van der Waals surface area contributed by atoms with Gasteiger partial charge in [0, 0.05) is 26.2 Å². The molecule has 0 aliphatic carbocycles. The molecule has 2 aliphatic rings. The van der Waals surface area contributed by atoms with Gasteiger partial charge in [-0.15, -0.1) is 0 Å². The van der Waals surface area contributed by atoms with E-state index in [9.17, 15) is 22.8 Å². The second-order valence-corrected chi connectivity index (χ2v) is 11.4. The molecular formula is C26H32N4O6S. The number of urea groups is 1. The highest BCUT2D eigenvalue weighted by atomic mass is 32.2. The zero-order valence-electron chi connectivity index (χ0n) is 20.5. The first kappa shape index (κ1) is 26.8. The van der Waals surface area contributed by atoms with Crippen LogP contribution in [0.3, 0.4) is 0 Å². The van der Waals surface area contributed by atoms with Crippen LogP contribution in [0.4, 0.5) is 4.79 Å². The molecule has 2 unspecified atom stereocenters. The minimum Gasteiger partial charge on any atom is -0.378 e. The quantitative estimate of drug-likeness (QED) is 0.488. The van der Waals surface area contributed by atoms with Gasteiger partial charge < -0.3 is 20.3 Å². The summed E-state index contributed by atoms with van der Waals surface area (Å²) in [5, 5.41) is 5.27. The summed E-state index contributed by atoms with van der Waals surface area (Å²) in [6.45, 7) is 2.45. The van der Waals surface area contributed by atoms with E-state index in [-0.39, 0.29) is 18.1 Å². The van der Waals surface area contributed by atoms with Crippen LogP contribution < -0.4 is 10.6 Å². The molecule has 3 amide bonds. The number of carbonyl (C=O) groups is 3. The van der Waals surface area contributed by atoms with E-state index in [1.807, 2.05) is 35.2 Å². The standard InChI is InChI=1S/C26H32N4O6S/c31-24-17-29(15-20-7-3-1-4-8-20)16-22(24)27-25(32)23(28-26(33)30-11-13-36-14-12-30)19-37(34,35)18-21-9-5-2-6-10-21/h1-10,22-23H,11-19H2,(H,27,32)(H,28,33). The number of hydrogen-bond donors (Lipinski definition) is 2. The van der Waals surface area contributed by atoms with Gasteiger partial charge in [-0.2, -0.15) is 0 Å². The number of rotatable bonds is 9. The predicted octanol–water partition coefficient (Wildman–Crippen LogP) is 0.582. The normalized spacial score (nSPS) is 19.4. The summed E-state index contributed by atoms with van der Waals surface area (Å²) in [4.78, 5) is 42.1. The number of hydrogen-bond acceptors (Lipinski definition) is 7. The molecule has 2 aliphatic heterocycles. The lowest BCUT2D eigenvalue weighted by Crippen LogP contribution is -2.57. The molecule has 2 aromatic rings. The smallest absolute Gasteiger partial charge is 0.318 e. The third-order valence-electron chi connectivity index (χ3n) is 6.34. The number of sulfone groups is 1. The summed E-state index contributed by atoms with van der Waals surface area (Å²) in [7, 11) is -3.77. The van der Waals surface area contributed by atoms with Crippen LogP contribution in [-0.2, 0) is 36.5 Å². The Morgan fingerprint density at radius 1 is 0.973 bits per heavy atom. The number of morpholine rings is 1. The Kier molecular flexibility index (Phi) is 8.91. The summed E-state index contributed by atoms with van der Waals surface area (Å²) in [5.41, 5.74) is 1.63. The molecule has 2 heterocycles. The topological polar surface area (TPSA) is 125 Å². The number of Topliss-reactive ketones (excluding diaryl/α,β-unsaturated/α-hetero) is 1. The summed E-state index contributed by atoms with van der Waals surface area (Å²) in [6.07, 6.45) is 0. The zero-order valence-corrected chi connectivity index (χ0v) is 21.4. The van der Waals surface area contributed by atoms with Crippen molar-refractivity contribution >= 4 is 27.6 Å². The Balaban J connectivity index is 1.43. The van der Waals surface area contributed by atoms with Crippen LogP contribution >= 0.6 is 0 Å². The molecule has 2 fully saturated rings. The molecular weight excluding hydrogens is 496 g/mol. The number of ether oxygens (including phenoxy) is 1. The highest BCUT2D eigenvalue weighted by Crippen LogP contribution is 2.13. The highest BCUT2D eigenvalue weighted by Gasteiger charge is 2.36. The second-order valence-electron chi connectivity index (χ2n) is 9.32. The third kappa shape index (κ3) is 7.85. The molecule has 0 spiro atoms. The van der Waals surface area contributed by atoms with E-state index in [1.54, 1.807) is 30.3 Å². The molecule has 0 saturated carbocycles. The second kappa shape index (κ2) is 12.3. The summed E-state index contributed by atoms with van der Waals surface area (Å²) >= 11 is 0. The van der Waals surface area contributed by atoms with E-state index in [1.165, 1.54) is 4.90 Å². The summed E-state index contributed by atoms with van der Waals surface area (Å²) < 4.78 is 31.2. The van der Waals surface area contributed by atoms with E-state index in [2.05, 4.69) is 10.6 Å². The van der Waals surface area contributed by atoms with Crippen LogP contribution in [0.2, 0.25) is 0 Å².